The summed E-state index contributed by atoms with van der Waals surface area (Å²) < 4.78 is 5.05. The average molecular weight is 318 g/mol. The van der Waals surface area contributed by atoms with Crippen molar-refractivity contribution in [1.82, 2.24) is 10.2 Å². The molecule has 1 aliphatic heterocycles. The molecule has 5 heteroatoms. The van der Waals surface area contributed by atoms with Gasteiger partial charge in [0, 0.05) is 19.6 Å². The molecule has 1 amide bonds. The number of amides is 1. The van der Waals surface area contributed by atoms with Gasteiger partial charge >= 0.3 is 0 Å². The topological polar surface area (TPSA) is 61.8 Å². The number of methoxy groups -OCH3 is 1. The maximum atomic E-state index is 12.7. The lowest BCUT2D eigenvalue weighted by Gasteiger charge is -2.24. The molecule has 1 aliphatic carbocycles. The number of nitrogens with one attached hydrogen (secondary N) is 1. The minimum atomic E-state index is -0.0556. The van der Waals surface area contributed by atoms with Crippen LogP contribution in [0.1, 0.15) is 37.7 Å². The largest absolute Gasteiger partial charge is 0.504 e. The van der Waals surface area contributed by atoms with Crippen molar-refractivity contribution in [3.05, 3.63) is 23.8 Å². The fourth-order valence-corrected chi connectivity index (χ4v) is 3.96. The number of ether oxygens (including phenoxy) is 1. The fraction of sp³-hybridized carbons (Fsp3) is 0.611. The minimum absolute atomic E-state index is 0.0556. The van der Waals surface area contributed by atoms with Crippen LogP contribution in [0.15, 0.2) is 18.2 Å². The van der Waals surface area contributed by atoms with Crippen LogP contribution in [0.25, 0.3) is 0 Å². The number of aromatic hydroxyl groups is 1. The van der Waals surface area contributed by atoms with E-state index in [2.05, 4.69) is 5.32 Å². The number of hydrogen-bond donors (Lipinski definition) is 2. The van der Waals surface area contributed by atoms with Crippen LogP contribution >= 0.6 is 0 Å². The Morgan fingerprint density at radius 3 is 2.87 bits per heavy atom. The van der Waals surface area contributed by atoms with E-state index in [4.69, 9.17) is 4.74 Å². The van der Waals surface area contributed by atoms with Crippen LogP contribution in [0.3, 0.4) is 0 Å². The first kappa shape index (κ1) is 16.1. The molecule has 2 aliphatic rings. The molecule has 126 valence electrons. The number of phenolic OH excluding ortho intramolecular Hbond substituents is 1. The van der Waals surface area contributed by atoms with E-state index < -0.39 is 0 Å². The van der Waals surface area contributed by atoms with Crippen LogP contribution < -0.4 is 10.1 Å². The summed E-state index contributed by atoms with van der Waals surface area (Å²) in [7, 11) is 3.35. The van der Waals surface area contributed by atoms with E-state index in [1.54, 1.807) is 17.0 Å². The van der Waals surface area contributed by atoms with E-state index in [-0.39, 0.29) is 17.7 Å². The summed E-state index contributed by atoms with van der Waals surface area (Å²) in [6.45, 7) is 0.490. The van der Waals surface area contributed by atoms with Crippen LogP contribution in [-0.4, -0.2) is 42.2 Å². The highest BCUT2D eigenvalue weighted by atomic mass is 16.5. The lowest BCUT2D eigenvalue weighted by atomic mass is 9.85. The summed E-state index contributed by atoms with van der Waals surface area (Å²) in [5.41, 5.74) is 0.898. The highest BCUT2D eigenvalue weighted by Crippen LogP contribution is 2.34. The predicted octanol–water partition coefficient (Wildman–Crippen LogP) is 2.28. The van der Waals surface area contributed by atoms with Crippen molar-refractivity contribution in [2.45, 2.75) is 50.7 Å². The monoisotopic (exact) mass is 318 g/mol. The summed E-state index contributed by atoms with van der Waals surface area (Å²) in [6, 6.07) is 5.73. The number of benzene rings is 1. The van der Waals surface area contributed by atoms with E-state index in [9.17, 15) is 9.90 Å². The second-order valence-corrected chi connectivity index (χ2v) is 6.81. The SMILES string of the molecule is COc1ccc(CN(C)C(=O)C2CC3CCCCC3N2)cc1O. The molecule has 1 aromatic rings. The Morgan fingerprint density at radius 2 is 2.17 bits per heavy atom. The predicted molar refractivity (Wildman–Crippen MR) is 88.4 cm³/mol. The highest BCUT2D eigenvalue weighted by Gasteiger charge is 2.39. The van der Waals surface area contributed by atoms with E-state index in [0.29, 0.717) is 24.3 Å². The summed E-state index contributed by atoms with van der Waals surface area (Å²) in [5.74, 6) is 1.37. The van der Waals surface area contributed by atoms with Crippen LogP contribution in [-0.2, 0) is 11.3 Å². The second kappa shape index (κ2) is 6.79. The van der Waals surface area contributed by atoms with Crippen molar-refractivity contribution in [2.24, 2.45) is 5.92 Å². The number of rotatable bonds is 4. The summed E-state index contributed by atoms with van der Waals surface area (Å²) in [6.07, 6.45) is 5.98. The minimum Gasteiger partial charge on any atom is -0.504 e. The lowest BCUT2D eigenvalue weighted by molar-refractivity contribution is -0.132. The molecule has 5 nitrogen and oxygen atoms in total. The molecule has 3 unspecified atom stereocenters. The number of fused-ring (bicyclic) bond motifs is 1. The normalized spacial score (nSPS) is 26.6. The van der Waals surface area contributed by atoms with Crippen molar-refractivity contribution >= 4 is 5.91 Å². The molecule has 1 saturated carbocycles. The molecule has 2 fully saturated rings. The molecule has 3 atom stereocenters. The first-order chi connectivity index (χ1) is 11.1. The third kappa shape index (κ3) is 3.44. The van der Waals surface area contributed by atoms with Crippen molar-refractivity contribution in [3.8, 4) is 11.5 Å². The van der Waals surface area contributed by atoms with Crippen LogP contribution in [0.2, 0.25) is 0 Å². The molecule has 3 rings (SSSR count). The number of phenols is 1. The molecule has 1 aromatic carbocycles. The number of carbonyl (C=O) groups is 1. The van der Waals surface area contributed by atoms with Gasteiger partial charge in [-0.05, 0) is 42.9 Å². The molecule has 23 heavy (non-hydrogen) atoms. The van der Waals surface area contributed by atoms with Gasteiger partial charge < -0.3 is 20.1 Å². The molecule has 2 N–H and O–H groups in total. The average Bonchev–Trinajstić information content (AvgIpc) is 2.98. The molecule has 1 saturated heterocycles. The molecule has 0 aromatic heterocycles. The van der Waals surface area contributed by atoms with Gasteiger partial charge in [-0.3, -0.25) is 4.79 Å². The summed E-state index contributed by atoms with van der Waals surface area (Å²) in [5, 5.41) is 13.4. The van der Waals surface area contributed by atoms with Gasteiger partial charge in [0.2, 0.25) is 5.91 Å². The van der Waals surface area contributed by atoms with Gasteiger partial charge in [-0.1, -0.05) is 18.9 Å². The summed E-state index contributed by atoms with van der Waals surface area (Å²) >= 11 is 0. The van der Waals surface area contributed by atoms with Crippen LogP contribution in [0.4, 0.5) is 0 Å². The number of carbonyl (C=O) groups excluding carboxylic acids is 1. The van der Waals surface area contributed by atoms with Gasteiger partial charge in [-0.2, -0.15) is 0 Å². The zero-order valence-corrected chi connectivity index (χ0v) is 13.9. The molecule has 0 bridgehead atoms. The molecular formula is C18H26N2O3. The first-order valence-corrected chi connectivity index (χ1v) is 8.45. The van der Waals surface area contributed by atoms with Gasteiger partial charge in [0.05, 0.1) is 13.2 Å². The molecule has 0 spiro atoms. The highest BCUT2D eigenvalue weighted by molar-refractivity contribution is 5.82. The fourth-order valence-electron chi connectivity index (χ4n) is 3.96. The third-order valence-corrected chi connectivity index (χ3v) is 5.20. The number of hydrogen-bond acceptors (Lipinski definition) is 4. The Labute approximate surface area is 137 Å². The maximum Gasteiger partial charge on any atom is 0.239 e. The van der Waals surface area contributed by atoms with Gasteiger partial charge in [0.15, 0.2) is 11.5 Å². The first-order valence-electron chi connectivity index (χ1n) is 8.45. The standard InChI is InChI=1S/C18H26N2O3/c1-20(11-12-7-8-17(23-2)16(21)9-12)18(22)15-10-13-5-3-4-6-14(13)19-15/h7-9,13-15,19,21H,3-6,10-11H2,1-2H3. The Balaban J connectivity index is 1.60. The maximum absolute atomic E-state index is 12.7. The van der Waals surface area contributed by atoms with Gasteiger partial charge in [0.25, 0.3) is 0 Å². The second-order valence-electron chi connectivity index (χ2n) is 6.81. The summed E-state index contributed by atoms with van der Waals surface area (Å²) in [4.78, 5) is 14.4. The van der Waals surface area contributed by atoms with E-state index in [1.165, 1.54) is 32.8 Å². The van der Waals surface area contributed by atoms with E-state index >= 15 is 0 Å². The van der Waals surface area contributed by atoms with Gasteiger partial charge in [0.1, 0.15) is 0 Å². The molecule has 0 radical (unpaired) electrons. The number of nitrogens with zero attached hydrogens (tertiary/aromatic N) is 1. The van der Waals surface area contributed by atoms with E-state index in [1.807, 2.05) is 13.1 Å². The van der Waals surface area contributed by atoms with Gasteiger partial charge in [-0.15, -0.1) is 0 Å². The molecule has 1 heterocycles. The third-order valence-electron chi connectivity index (χ3n) is 5.20. The van der Waals surface area contributed by atoms with Crippen molar-refractivity contribution in [1.29, 1.82) is 0 Å². The smallest absolute Gasteiger partial charge is 0.239 e. The Hall–Kier alpha value is -1.75. The molecular weight excluding hydrogens is 292 g/mol. The van der Waals surface area contributed by atoms with Crippen molar-refractivity contribution < 1.29 is 14.6 Å². The van der Waals surface area contributed by atoms with Crippen LogP contribution in [0, 0.1) is 5.92 Å². The zero-order valence-electron chi connectivity index (χ0n) is 13.9. The van der Waals surface area contributed by atoms with Crippen molar-refractivity contribution in [3.63, 3.8) is 0 Å². The van der Waals surface area contributed by atoms with Crippen molar-refractivity contribution in [2.75, 3.05) is 14.2 Å². The Kier molecular flexibility index (Phi) is 4.76. The zero-order chi connectivity index (χ0) is 16.4. The lowest BCUT2D eigenvalue weighted by Crippen LogP contribution is -2.43. The van der Waals surface area contributed by atoms with E-state index in [0.717, 1.165) is 12.0 Å². The van der Waals surface area contributed by atoms with Crippen LogP contribution in [0.5, 0.6) is 11.5 Å². The van der Waals surface area contributed by atoms with Gasteiger partial charge in [-0.25, -0.2) is 0 Å². The number of likely N-dealkylation sites (N-methyl/N-ethyl adjacent to an activating group) is 1. The quantitative estimate of drug-likeness (QED) is 0.894. The Bertz CT molecular complexity index is 561. The Morgan fingerprint density at radius 1 is 1.39 bits per heavy atom.